The molecule has 3 aromatic rings. The van der Waals surface area contributed by atoms with Crippen molar-refractivity contribution in [1.29, 1.82) is 0 Å². The second-order valence-electron chi connectivity index (χ2n) is 4.89. The number of pyridine rings is 1. The Morgan fingerprint density at radius 2 is 2.05 bits per heavy atom. The number of ether oxygens (including phenoxy) is 1. The molecule has 106 valence electrons. The zero-order chi connectivity index (χ0) is 14.7. The Kier molecular flexibility index (Phi) is 3.69. The highest BCUT2D eigenvalue weighted by molar-refractivity contribution is 6.07. The van der Waals surface area contributed by atoms with E-state index in [1.54, 1.807) is 25.7 Å². The van der Waals surface area contributed by atoms with Crippen molar-refractivity contribution in [1.82, 2.24) is 9.97 Å². The summed E-state index contributed by atoms with van der Waals surface area (Å²) in [6, 6.07) is 9.67. The zero-order valence-electron chi connectivity index (χ0n) is 11.8. The normalized spacial score (nSPS) is 10.7. The van der Waals surface area contributed by atoms with Crippen LogP contribution in [0.15, 0.2) is 48.9 Å². The van der Waals surface area contributed by atoms with E-state index < -0.39 is 0 Å². The Balaban J connectivity index is 1.71. The first-order valence-corrected chi connectivity index (χ1v) is 6.85. The summed E-state index contributed by atoms with van der Waals surface area (Å²) in [6.07, 6.45) is 6.41. The number of methoxy groups -OCH3 is 1. The Bertz CT molecular complexity index is 760. The summed E-state index contributed by atoms with van der Waals surface area (Å²) in [4.78, 5) is 19.5. The second-order valence-corrected chi connectivity index (χ2v) is 4.89. The number of aromatic nitrogens is 2. The van der Waals surface area contributed by atoms with Crippen LogP contribution in [-0.2, 0) is 6.42 Å². The minimum atomic E-state index is 0.130. The summed E-state index contributed by atoms with van der Waals surface area (Å²) in [5.41, 5.74) is 2.78. The number of fused-ring (bicyclic) bond motifs is 1. The Morgan fingerprint density at radius 3 is 2.81 bits per heavy atom. The highest BCUT2D eigenvalue weighted by atomic mass is 16.5. The van der Waals surface area contributed by atoms with Gasteiger partial charge in [-0.15, -0.1) is 0 Å². The Morgan fingerprint density at radius 1 is 1.24 bits per heavy atom. The molecule has 0 spiro atoms. The average molecular weight is 280 g/mol. The number of rotatable bonds is 5. The summed E-state index contributed by atoms with van der Waals surface area (Å²) in [7, 11) is 1.64. The third kappa shape index (κ3) is 2.79. The van der Waals surface area contributed by atoms with Crippen LogP contribution in [-0.4, -0.2) is 22.9 Å². The predicted octanol–water partition coefficient (Wildman–Crippen LogP) is 3.39. The van der Waals surface area contributed by atoms with Crippen LogP contribution >= 0.6 is 0 Å². The number of nitrogens with zero attached hydrogens (tertiary/aromatic N) is 1. The van der Waals surface area contributed by atoms with Crippen molar-refractivity contribution >= 4 is 16.7 Å². The third-order valence-electron chi connectivity index (χ3n) is 3.58. The first-order valence-electron chi connectivity index (χ1n) is 6.85. The molecule has 21 heavy (non-hydrogen) atoms. The van der Waals surface area contributed by atoms with Gasteiger partial charge in [0.2, 0.25) is 0 Å². The summed E-state index contributed by atoms with van der Waals surface area (Å²) < 4.78 is 5.12. The maximum Gasteiger partial charge on any atom is 0.165 e. The number of benzene rings is 1. The SMILES string of the molecule is COc1ccc(CCC(=O)c2c[nH]c3ccncc23)cc1. The van der Waals surface area contributed by atoms with E-state index in [9.17, 15) is 4.79 Å². The predicted molar refractivity (Wildman–Crippen MR) is 81.7 cm³/mol. The lowest BCUT2D eigenvalue weighted by Crippen LogP contribution is -2.00. The molecular formula is C17H16N2O2. The largest absolute Gasteiger partial charge is 0.497 e. The molecule has 0 fully saturated rings. The molecule has 0 saturated heterocycles. The molecule has 0 radical (unpaired) electrons. The number of aromatic amines is 1. The number of carbonyl (C=O) groups is 1. The number of hydrogen-bond acceptors (Lipinski definition) is 3. The maximum atomic E-state index is 12.3. The van der Waals surface area contributed by atoms with E-state index in [1.807, 2.05) is 30.3 Å². The molecule has 0 atom stereocenters. The van der Waals surface area contributed by atoms with Gasteiger partial charge in [0.05, 0.1) is 7.11 Å². The van der Waals surface area contributed by atoms with Crippen LogP contribution in [0.3, 0.4) is 0 Å². The van der Waals surface area contributed by atoms with Crippen molar-refractivity contribution in [3.63, 3.8) is 0 Å². The molecule has 4 nitrogen and oxygen atoms in total. The highest BCUT2D eigenvalue weighted by Gasteiger charge is 2.12. The number of nitrogens with one attached hydrogen (secondary N) is 1. The number of carbonyl (C=O) groups excluding carboxylic acids is 1. The van der Waals surface area contributed by atoms with Crippen LogP contribution in [0.2, 0.25) is 0 Å². The van der Waals surface area contributed by atoms with Gasteiger partial charge in [-0.05, 0) is 30.2 Å². The molecule has 3 rings (SSSR count). The topological polar surface area (TPSA) is 55.0 Å². The fraction of sp³-hybridized carbons (Fsp3) is 0.176. The van der Waals surface area contributed by atoms with E-state index in [-0.39, 0.29) is 5.78 Å². The summed E-state index contributed by atoms with van der Waals surface area (Å²) in [5, 5.41) is 0.886. The first kappa shape index (κ1) is 13.4. The van der Waals surface area contributed by atoms with E-state index in [0.29, 0.717) is 12.0 Å². The fourth-order valence-electron chi connectivity index (χ4n) is 2.38. The van der Waals surface area contributed by atoms with Crippen LogP contribution in [0, 0.1) is 0 Å². The number of ketones is 1. The molecule has 0 aliphatic heterocycles. The van der Waals surface area contributed by atoms with Gasteiger partial charge in [0.15, 0.2) is 5.78 Å². The van der Waals surface area contributed by atoms with Gasteiger partial charge in [0.25, 0.3) is 0 Å². The number of aryl methyl sites for hydroxylation is 1. The van der Waals surface area contributed by atoms with Crippen molar-refractivity contribution in [2.24, 2.45) is 0 Å². The van der Waals surface area contributed by atoms with Crippen LogP contribution in [0.4, 0.5) is 0 Å². The number of H-pyrrole nitrogens is 1. The smallest absolute Gasteiger partial charge is 0.165 e. The van der Waals surface area contributed by atoms with Gasteiger partial charge in [-0.3, -0.25) is 9.78 Å². The van der Waals surface area contributed by atoms with Gasteiger partial charge in [0.1, 0.15) is 5.75 Å². The van der Waals surface area contributed by atoms with E-state index in [2.05, 4.69) is 9.97 Å². The van der Waals surface area contributed by atoms with Crippen molar-refractivity contribution in [2.45, 2.75) is 12.8 Å². The number of Topliss-reactive ketones (excluding diaryl/α,β-unsaturated/α-hetero) is 1. The van der Waals surface area contributed by atoms with Crippen LogP contribution < -0.4 is 4.74 Å². The van der Waals surface area contributed by atoms with Gasteiger partial charge in [-0.25, -0.2) is 0 Å². The minimum absolute atomic E-state index is 0.130. The zero-order valence-corrected chi connectivity index (χ0v) is 11.8. The molecule has 0 saturated carbocycles. The molecule has 0 amide bonds. The average Bonchev–Trinajstić information content (AvgIpc) is 2.97. The van der Waals surface area contributed by atoms with Gasteiger partial charge in [-0.2, -0.15) is 0 Å². The molecular weight excluding hydrogens is 264 g/mol. The lowest BCUT2D eigenvalue weighted by atomic mass is 10.0. The van der Waals surface area contributed by atoms with Crippen molar-refractivity contribution in [2.75, 3.05) is 7.11 Å². The molecule has 1 N–H and O–H groups in total. The first-order chi connectivity index (χ1) is 10.3. The van der Waals surface area contributed by atoms with Crippen molar-refractivity contribution in [3.05, 3.63) is 60.0 Å². The Labute approximate surface area is 122 Å². The molecule has 0 aliphatic carbocycles. The Hall–Kier alpha value is -2.62. The molecule has 2 aromatic heterocycles. The molecule has 1 aromatic carbocycles. The molecule has 0 aliphatic rings. The highest BCUT2D eigenvalue weighted by Crippen LogP contribution is 2.19. The standard InChI is InChI=1S/C17H16N2O2/c1-21-13-5-2-12(3-6-13)4-7-17(20)15-11-19-16-8-9-18-10-14(15)16/h2-3,5-6,8-11,19H,4,7H2,1H3. The number of hydrogen-bond donors (Lipinski definition) is 1. The minimum Gasteiger partial charge on any atom is -0.497 e. The van der Waals surface area contributed by atoms with Gasteiger partial charge < -0.3 is 9.72 Å². The fourth-order valence-corrected chi connectivity index (χ4v) is 2.38. The third-order valence-corrected chi connectivity index (χ3v) is 3.58. The molecule has 2 heterocycles. The van der Waals surface area contributed by atoms with E-state index in [0.717, 1.165) is 28.6 Å². The van der Waals surface area contributed by atoms with Crippen LogP contribution in [0.25, 0.3) is 10.9 Å². The lowest BCUT2D eigenvalue weighted by molar-refractivity contribution is 0.0984. The van der Waals surface area contributed by atoms with Crippen LogP contribution in [0.1, 0.15) is 22.3 Å². The quantitative estimate of drug-likeness (QED) is 0.729. The monoisotopic (exact) mass is 280 g/mol. The summed E-state index contributed by atoms with van der Waals surface area (Å²) in [6.45, 7) is 0. The second kappa shape index (κ2) is 5.79. The van der Waals surface area contributed by atoms with Gasteiger partial charge in [-0.1, -0.05) is 12.1 Å². The molecule has 4 heteroatoms. The summed E-state index contributed by atoms with van der Waals surface area (Å²) >= 11 is 0. The van der Waals surface area contributed by atoms with E-state index >= 15 is 0 Å². The lowest BCUT2D eigenvalue weighted by Gasteiger charge is -2.03. The summed E-state index contributed by atoms with van der Waals surface area (Å²) in [5.74, 6) is 0.956. The van der Waals surface area contributed by atoms with E-state index in [1.165, 1.54) is 0 Å². The van der Waals surface area contributed by atoms with E-state index in [4.69, 9.17) is 4.74 Å². The molecule has 0 bridgehead atoms. The van der Waals surface area contributed by atoms with Crippen LogP contribution in [0.5, 0.6) is 5.75 Å². The van der Waals surface area contributed by atoms with Crippen molar-refractivity contribution < 1.29 is 9.53 Å². The molecule has 0 unspecified atom stereocenters. The van der Waals surface area contributed by atoms with Crippen molar-refractivity contribution in [3.8, 4) is 5.75 Å². The maximum absolute atomic E-state index is 12.3. The van der Waals surface area contributed by atoms with Gasteiger partial charge >= 0.3 is 0 Å². The van der Waals surface area contributed by atoms with Gasteiger partial charge in [0, 0.05) is 41.5 Å².